The van der Waals surface area contributed by atoms with Gasteiger partial charge in [-0.25, -0.2) is 19.3 Å². The van der Waals surface area contributed by atoms with Gasteiger partial charge in [-0.1, -0.05) is 0 Å². The lowest BCUT2D eigenvalue weighted by Gasteiger charge is -2.35. The van der Waals surface area contributed by atoms with Crippen LogP contribution in [0.5, 0.6) is 0 Å². The fourth-order valence-corrected chi connectivity index (χ4v) is 4.33. The van der Waals surface area contributed by atoms with Crippen LogP contribution in [0.2, 0.25) is 0 Å². The molecule has 1 aliphatic carbocycles. The topological polar surface area (TPSA) is 167 Å². The first-order chi connectivity index (χ1) is 19.7. The van der Waals surface area contributed by atoms with Crippen molar-refractivity contribution < 1.29 is 28.2 Å². The summed E-state index contributed by atoms with van der Waals surface area (Å²) >= 11 is 0. The number of nitrogens with two attached hydrogens (primary N) is 1. The van der Waals surface area contributed by atoms with Gasteiger partial charge in [-0.05, 0) is 49.4 Å². The molecule has 1 saturated carbocycles. The van der Waals surface area contributed by atoms with Crippen molar-refractivity contribution in [3.8, 4) is 22.6 Å². The van der Waals surface area contributed by atoms with E-state index in [-0.39, 0.29) is 19.0 Å². The Bertz CT molecular complexity index is 1580. The number of anilines is 2. The molecule has 12 nitrogen and oxygen atoms in total. The Morgan fingerprint density at radius 2 is 1.85 bits per heavy atom. The number of esters is 1. The number of amides is 1. The minimum Gasteiger partial charge on any atom is -0.448 e. The molecule has 4 heterocycles. The fourth-order valence-electron chi connectivity index (χ4n) is 4.33. The molecule has 3 aromatic heterocycles. The highest BCUT2D eigenvalue weighted by Crippen LogP contribution is 2.42. The van der Waals surface area contributed by atoms with E-state index in [4.69, 9.17) is 24.9 Å². The number of aromatic nitrogens is 5. The summed E-state index contributed by atoms with van der Waals surface area (Å²) in [6, 6.07) is 11.2. The molecule has 41 heavy (non-hydrogen) atoms. The van der Waals surface area contributed by atoms with Gasteiger partial charge in [0.05, 0.1) is 42.2 Å². The molecule has 2 aliphatic rings. The van der Waals surface area contributed by atoms with Gasteiger partial charge in [-0.2, -0.15) is 0 Å². The average molecular weight is 560 g/mol. The zero-order valence-electron chi connectivity index (χ0n) is 22.0. The summed E-state index contributed by atoms with van der Waals surface area (Å²) in [5.41, 5.74) is 5.88. The van der Waals surface area contributed by atoms with E-state index >= 15 is 0 Å². The smallest absolute Gasteiger partial charge is 0.317 e. The Kier molecular flexibility index (Phi) is 6.67. The van der Waals surface area contributed by atoms with Crippen LogP contribution in [-0.4, -0.2) is 55.6 Å². The SMILES string of the molecule is CC1(C(=O)OC2(C(N)=O)CC2)COC(c2nc(-c3ccc(F)cc3)c(-c3ccnc(Nc4cccnc4)n3)[nH]2)OC1. The van der Waals surface area contributed by atoms with Gasteiger partial charge in [0.25, 0.3) is 5.91 Å². The van der Waals surface area contributed by atoms with E-state index < -0.39 is 29.2 Å². The summed E-state index contributed by atoms with van der Waals surface area (Å²) in [6.07, 6.45) is 4.77. The van der Waals surface area contributed by atoms with E-state index in [1.54, 1.807) is 49.8 Å². The molecule has 1 saturated heterocycles. The summed E-state index contributed by atoms with van der Waals surface area (Å²) in [4.78, 5) is 45.5. The number of imidazole rings is 1. The molecule has 0 atom stereocenters. The zero-order valence-corrected chi connectivity index (χ0v) is 22.0. The number of carbonyl (C=O) groups excluding carboxylic acids is 2. The normalized spacial score (nSPS) is 21.2. The van der Waals surface area contributed by atoms with E-state index in [1.165, 1.54) is 12.1 Å². The predicted octanol–water partition coefficient (Wildman–Crippen LogP) is 3.42. The van der Waals surface area contributed by atoms with Crippen molar-refractivity contribution in [1.82, 2.24) is 24.9 Å². The number of primary amides is 1. The van der Waals surface area contributed by atoms with Gasteiger partial charge in [0.2, 0.25) is 12.2 Å². The average Bonchev–Trinajstić information content (AvgIpc) is 3.63. The van der Waals surface area contributed by atoms with Gasteiger partial charge in [-0.15, -0.1) is 0 Å². The first-order valence-corrected chi connectivity index (χ1v) is 12.9. The van der Waals surface area contributed by atoms with Gasteiger partial charge in [0.15, 0.2) is 11.4 Å². The molecule has 2 fully saturated rings. The minimum absolute atomic E-state index is 0.0417. The highest BCUT2D eigenvalue weighted by Gasteiger charge is 2.55. The van der Waals surface area contributed by atoms with Gasteiger partial charge in [0.1, 0.15) is 11.2 Å². The molecule has 210 valence electrons. The number of benzene rings is 1. The van der Waals surface area contributed by atoms with Crippen molar-refractivity contribution in [1.29, 1.82) is 0 Å². The quantitative estimate of drug-likeness (QED) is 0.272. The number of aromatic amines is 1. The van der Waals surface area contributed by atoms with Crippen LogP contribution in [0, 0.1) is 11.2 Å². The largest absolute Gasteiger partial charge is 0.448 e. The third-order valence-electron chi connectivity index (χ3n) is 6.93. The van der Waals surface area contributed by atoms with Crippen molar-refractivity contribution in [3.05, 3.63) is 72.7 Å². The lowest BCUT2D eigenvalue weighted by molar-refractivity contribution is -0.240. The van der Waals surface area contributed by atoms with Crippen molar-refractivity contribution in [2.24, 2.45) is 11.1 Å². The minimum atomic E-state index is -1.24. The predicted molar refractivity (Wildman–Crippen MR) is 143 cm³/mol. The number of ether oxygens (including phenoxy) is 3. The van der Waals surface area contributed by atoms with Crippen LogP contribution < -0.4 is 11.1 Å². The fraction of sp³-hybridized carbons (Fsp3) is 0.286. The number of rotatable bonds is 8. The lowest BCUT2D eigenvalue weighted by atomic mass is 9.92. The molecule has 0 radical (unpaired) electrons. The van der Waals surface area contributed by atoms with Crippen LogP contribution in [-0.2, 0) is 23.8 Å². The lowest BCUT2D eigenvalue weighted by Crippen LogP contribution is -2.47. The van der Waals surface area contributed by atoms with Gasteiger partial charge >= 0.3 is 5.97 Å². The van der Waals surface area contributed by atoms with Crippen molar-refractivity contribution >= 4 is 23.5 Å². The van der Waals surface area contributed by atoms with E-state index in [1.807, 2.05) is 6.07 Å². The standard InChI is InChI=1S/C28H26FN7O5/c1-27(25(38)41-28(9-10-28)24(30)37)14-39-23(40-15-27)22-35-20(16-4-6-17(29)7-5-16)21(36-22)19-8-12-32-26(34-19)33-18-3-2-11-31-13-18/h2-8,11-13,23H,9-10,14-15H2,1H3,(H2,30,37)(H,35,36)(H,32,33,34). The van der Waals surface area contributed by atoms with Gasteiger partial charge in [0, 0.05) is 30.8 Å². The number of hydrogen-bond donors (Lipinski definition) is 3. The molecule has 1 amide bonds. The number of nitrogens with zero attached hydrogens (tertiary/aromatic N) is 4. The monoisotopic (exact) mass is 559 g/mol. The van der Waals surface area contributed by atoms with Gasteiger partial charge < -0.3 is 30.2 Å². The summed E-state index contributed by atoms with van der Waals surface area (Å²) in [5.74, 6) is -1.00. The van der Waals surface area contributed by atoms with E-state index in [2.05, 4.69) is 25.3 Å². The third kappa shape index (κ3) is 5.36. The van der Waals surface area contributed by atoms with E-state index in [9.17, 15) is 14.0 Å². The van der Waals surface area contributed by atoms with Crippen LogP contribution >= 0.6 is 0 Å². The second-order valence-corrected chi connectivity index (χ2v) is 10.2. The second-order valence-electron chi connectivity index (χ2n) is 10.2. The molecule has 0 bridgehead atoms. The maximum absolute atomic E-state index is 13.7. The number of halogens is 1. The molecule has 1 aromatic carbocycles. The Morgan fingerprint density at radius 1 is 1.10 bits per heavy atom. The van der Waals surface area contributed by atoms with Crippen molar-refractivity contribution in [3.63, 3.8) is 0 Å². The Labute approximate surface area is 233 Å². The zero-order chi connectivity index (χ0) is 28.6. The number of H-pyrrole nitrogens is 1. The first kappa shape index (κ1) is 26.5. The highest BCUT2D eigenvalue weighted by atomic mass is 19.1. The van der Waals surface area contributed by atoms with Crippen LogP contribution in [0.3, 0.4) is 0 Å². The first-order valence-electron chi connectivity index (χ1n) is 12.9. The molecule has 13 heteroatoms. The highest BCUT2D eigenvalue weighted by molar-refractivity contribution is 5.90. The maximum atomic E-state index is 13.7. The summed E-state index contributed by atoms with van der Waals surface area (Å²) in [5, 5.41) is 3.11. The van der Waals surface area contributed by atoms with Crippen molar-refractivity contribution in [2.45, 2.75) is 31.7 Å². The third-order valence-corrected chi connectivity index (χ3v) is 6.93. The number of nitrogens with one attached hydrogen (secondary N) is 2. The van der Waals surface area contributed by atoms with Crippen LogP contribution in [0.1, 0.15) is 31.9 Å². The Balaban J connectivity index is 1.26. The molecule has 4 N–H and O–H groups in total. The Hall–Kier alpha value is -4.75. The molecule has 1 aliphatic heterocycles. The van der Waals surface area contributed by atoms with E-state index in [0.29, 0.717) is 52.9 Å². The summed E-state index contributed by atoms with van der Waals surface area (Å²) in [7, 11) is 0. The van der Waals surface area contributed by atoms with Crippen LogP contribution in [0.4, 0.5) is 16.0 Å². The molecule has 6 rings (SSSR count). The number of hydrogen-bond acceptors (Lipinski definition) is 10. The van der Waals surface area contributed by atoms with Crippen molar-refractivity contribution in [2.75, 3.05) is 18.5 Å². The molecule has 4 aromatic rings. The molecular formula is C28H26FN7O5. The molecule has 0 unspecified atom stereocenters. The Morgan fingerprint density at radius 3 is 2.51 bits per heavy atom. The van der Waals surface area contributed by atoms with E-state index in [0.717, 1.165) is 0 Å². The van der Waals surface area contributed by atoms with Crippen LogP contribution in [0.15, 0.2) is 61.1 Å². The van der Waals surface area contributed by atoms with Gasteiger partial charge in [-0.3, -0.25) is 14.6 Å². The molecular weight excluding hydrogens is 533 g/mol. The maximum Gasteiger partial charge on any atom is 0.317 e. The number of carbonyl (C=O) groups is 2. The summed E-state index contributed by atoms with van der Waals surface area (Å²) in [6.45, 7) is 1.55. The summed E-state index contributed by atoms with van der Waals surface area (Å²) < 4.78 is 31.0. The second kappa shape index (κ2) is 10.3. The molecule has 0 spiro atoms. The van der Waals surface area contributed by atoms with Crippen LogP contribution in [0.25, 0.3) is 22.6 Å². The number of pyridine rings is 1.